The highest BCUT2D eigenvalue weighted by atomic mass is 32.2. The van der Waals surface area contributed by atoms with Crippen LogP contribution in [0.15, 0.2) is 65.6 Å². The zero-order chi connectivity index (χ0) is 21.8. The van der Waals surface area contributed by atoms with Crippen molar-refractivity contribution in [3.05, 3.63) is 66.2 Å². The second kappa shape index (κ2) is 9.53. The van der Waals surface area contributed by atoms with Crippen LogP contribution in [0.1, 0.15) is 50.5 Å². The van der Waals surface area contributed by atoms with Gasteiger partial charge in [-0.25, -0.2) is 8.42 Å². The summed E-state index contributed by atoms with van der Waals surface area (Å²) >= 11 is 0. The monoisotopic (exact) mass is 440 g/mol. The van der Waals surface area contributed by atoms with E-state index in [-0.39, 0.29) is 24.4 Å². The van der Waals surface area contributed by atoms with Crippen molar-refractivity contribution in [2.45, 2.75) is 55.9 Å². The molecule has 2 aromatic rings. The van der Waals surface area contributed by atoms with Crippen LogP contribution in [0.25, 0.3) is 0 Å². The molecular formula is C25H32N2O3S. The minimum absolute atomic E-state index is 0.129. The van der Waals surface area contributed by atoms with Gasteiger partial charge in [-0.05, 0) is 49.8 Å². The number of hydrogen-bond acceptors (Lipinski definition) is 3. The molecule has 0 radical (unpaired) electrons. The van der Waals surface area contributed by atoms with Gasteiger partial charge in [0.05, 0.1) is 10.8 Å². The van der Waals surface area contributed by atoms with Crippen LogP contribution >= 0.6 is 0 Å². The van der Waals surface area contributed by atoms with Crippen molar-refractivity contribution < 1.29 is 13.2 Å². The number of likely N-dealkylation sites (tertiary alicyclic amines) is 1. The summed E-state index contributed by atoms with van der Waals surface area (Å²) in [5.41, 5.74) is 1.28. The Balaban J connectivity index is 1.51. The molecule has 31 heavy (non-hydrogen) atoms. The Labute approximate surface area is 186 Å². The Morgan fingerprint density at radius 3 is 2.29 bits per heavy atom. The molecular weight excluding hydrogens is 408 g/mol. The van der Waals surface area contributed by atoms with Crippen LogP contribution < -0.4 is 0 Å². The lowest BCUT2D eigenvalue weighted by Crippen LogP contribution is -2.48. The van der Waals surface area contributed by atoms with Gasteiger partial charge in [-0.15, -0.1) is 0 Å². The highest BCUT2D eigenvalue weighted by Crippen LogP contribution is 2.35. The molecule has 0 N–H and O–H groups in total. The van der Waals surface area contributed by atoms with Gasteiger partial charge in [0, 0.05) is 31.6 Å². The van der Waals surface area contributed by atoms with E-state index in [1.807, 2.05) is 12.1 Å². The van der Waals surface area contributed by atoms with E-state index in [4.69, 9.17) is 0 Å². The van der Waals surface area contributed by atoms with Crippen LogP contribution in [0.3, 0.4) is 0 Å². The lowest BCUT2D eigenvalue weighted by Gasteiger charge is -2.37. The molecule has 6 heteroatoms. The SMILES string of the molecule is CC[C@H](c1ccccc1)[C@@H]1CCCN1C(=O)[C@@H]1CCCN(S(=O)(=O)c2ccccc2)C1. The zero-order valence-corrected chi connectivity index (χ0v) is 19.0. The van der Waals surface area contributed by atoms with Crippen molar-refractivity contribution in [2.75, 3.05) is 19.6 Å². The van der Waals surface area contributed by atoms with Gasteiger partial charge >= 0.3 is 0 Å². The molecule has 2 aliphatic heterocycles. The van der Waals surface area contributed by atoms with Gasteiger partial charge in [0.25, 0.3) is 0 Å². The van der Waals surface area contributed by atoms with Crippen molar-refractivity contribution in [2.24, 2.45) is 5.92 Å². The number of benzene rings is 2. The van der Waals surface area contributed by atoms with Crippen LogP contribution in [0.5, 0.6) is 0 Å². The average Bonchev–Trinajstić information content (AvgIpc) is 3.30. The average molecular weight is 441 g/mol. The van der Waals surface area contributed by atoms with E-state index in [1.54, 1.807) is 24.3 Å². The van der Waals surface area contributed by atoms with Crippen molar-refractivity contribution in [3.63, 3.8) is 0 Å². The summed E-state index contributed by atoms with van der Waals surface area (Å²) < 4.78 is 27.7. The minimum Gasteiger partial charge on any atom is -0.339 e. The number of amides is 1. The van der Waals surface area contributed by atoms with Crippen molar-refractivity contribution in [1.29, 1.82) is 0 Å². The minimum atomic E-state index is -3.57. The van der Waals surface area contributed by atoms with Gasteiger partial charge in [-0.2, -0.15) is 4.31 Å². The summed E-state index contributed by atoms with van der Waals surface area (Å²) in [5, 5.41) is 0. The normalized spacial score (nSPS) is 23.6. The van der Waals surface area contributed by atoms with Crippen LogP contribution in [0, 0.1) is 5.92 Å². The molecule has 0 aromatic heterocycles. The van der Waals surface area contributed by atoms with Crippen LogP contribution in [0.4, 0.5) is 0 Å². The van der Waals surface area contributed by atoms with Gasteiger partial charge in [-0.3, -0.25) is 4.79 Å². The lowest BCUT2D eigenvalue weighted by molar-refractivity contribution is -0.138. The Bertz CT molecular complexity index is 978. The molecule has 0 bridgehead atoms. The number of carbonyl (C=O) groups excluding carboxylic acids is 1. The summed E-state index contributed by atoms with van der Waals surface area (Å²) in [6.07, 6.45) is 4.48. The van der Waals surface area contributed by atoms with E-state index >= 15 is 0 Å². The highest BCUT2D eigenvalue weighted by molar-refractivity contribution is 7.89. The first-order valence-electron chi connectivity index (χ1n) is 11.4. The molecule has 0 unspecified atom stereocenters. The van der Waals surface area contributed by atoms with E-state index < -0.39 is 10.0 Å². The molecule has 2 aromatic carbocycles. The molecule has 0 spiro atoms. The third-order valence-corrected chi connectivity index (χ3v) is 8.71. The van der Waals surface area contributed by atoms with Gasteiger partial charge in [0.15, 0.2) is 0 Å². The number of rotatable bonds is 6. The first-order valence-corrected chi connectivity index (χ1v) is 12.9. The number of sulfonamides is 1. The summed E-state index contributed by atoms with van der Waals surface area (Å²) in [6, 6.07) is 19.2. The summed E-state index contributed by atoms with van der Waals surface area (Å²) in [5.74, 6) is 0.186. The second-order valence-corrected chi connectivity index (χ2v) is 10.6. The molecule has 0 saturated carbocycles. The Morgan fingerprint density at radius 2 is 1.61 bits per heavy atom. The molecule has 2 aliphatic rings. The summed E-state index contributed by atoms with van der Waals surface area (Å²) in [6.45, 7) is 3.72. The number of piperidine rings is 1. The fourth-order valence-electron chi connectivity index (χ4n) is 5.25. The van der Waals surface area contributed by atoms with Crippen molar-refractivity contribution in [1.82, 2.24) is 9.21 Å². The maximum absolute atomic E-state index is 13.6. The highest BCUT2D eigenvalue weighted by Gasteiger charge is 2.40. The molecule has 1 amide bonds. The molecule has 5 nitrogen and oxygen atoms in total. The summed E-state index contributed by atoms with van der Waals surface area (Å²) in [4.78, 5) is 15.9. The Kier molecular flexibility index (Phi) is 6.77. The quantitative estimate of drug-likeness (QED) is 0.674. The van der Waals surface area contributed by atoms with Gasteiger partial charge < -0.3 is 4.90 Å². The van der Waals surface area contributed by atoms with Gasteiger partial charge in [-0.1, -0.05) is 55.5 Å². The van der Waals surface area contributed by atoms with Crippen molar-refractivity contribution >= 4 is 15.9 Å². The van der Waals surface area contributed by atoms with Crippen molar-refractivity contribution in [3.8, 4) is 0 Å². The first-order chi connectivity index (χ1) is 15.0. The fraction of sp³-hybridized carbons (Fsp3) is 0.480. The fourth-order valence-corrected chi connectivity index (χ4v) is 6.80. The smallest absolute Gasteiger partial charge is 0.243 e. The second-order valence-electron chi connectivity index (χ2n) is 8.68. The third-order valence-electron chi connectivity index (χ3n) is 6.83. The maximum Gasteiger partial charge on any atom is 0.243 e. The van der Waals surface area contributed by atoms with E-state index in [0.29, 0.717) is 17.4 Å². The lowest BCUT2D eigenvalue weighted by atomic mass is 9.87. The van der Waals surface area contributed by atoms with E-state index in [2.05, 4.69) is 36.1 Å². The molecule has 2 heterocycles. The van der Waals surface area contributed by atoms with Crippen LogP contribution in [-0.2, 0) is 14.8 Å². The molecule has 2 fully saturated rings. The van der Waals surface area contributed by atoms with E-state index in [9.17, 15) is 13.2 Å². The first kappa shape index (κ1) is 22.0. The third kappa shape index (κ3) is 4.55. The predicted octanol–water partition coefficient (Wildman–Crippen LogP) is 4.27. The van der Waals surface area contributed by atoms with Crippen LogP contribution in [0.2, 0.25) is 0 Å². The maximum atomic E-state index is 13.6. The molecule has 4 rings (SSSR count). The standard InChI is InChI=1S/C25H32N2O3S/c1-2-23(20-11-5-3-6-12-20)24-16-10-18-27(24)25(28)21-13-9-17-26(19-21)31(29,30)22-14-7-4-8-15-22/h3-8,11-12,14-15,21,23-24H,2,9-10,13,16-19H2,1H3/t21-,23-,24+/m1/s1. The molecule has 166 valence electrons. The number of hydrogen-bond donors (Lipinski definition) is 0. The Hall–Kier alpha value is -2.18. The van der Waals surface area contributed by atoms with E-state index in [0.717, 1.165) is 38.6 Å². The Morgan fingerprint density at radius 1 is 0.968 bits per heavy atom. The number of nitrogens with zero attached hydrogens (tertiary/aromatic N) is 2. The zero-order valence-electron chi connectivity index (χ0n) is 18.2. The molecule has 0 aliphatic carbocycles. The number of carbonyl (C=O) groups is 1. The van der Waals surface area contributed by atoms with E-state index in [1.165, 1.54) is 9.87 Å². The van der Waals surface area contributed by atoms with Gasteiger partial charge in [0.2, 0.25) is 15.9 Å². The topological polar surface area (TPSA) is 57.7 Å². The summed E-state index contributed by atoms with van der Waals surface area (Å²) in [7, 11) is -3.57. The largest absolute Gasteiger partial charge is 0.339 e. The van der Waals surface area contributed by atoms with Gasteiger partial charge in [0.1, 0.15) is 0 Å². The molecule has 2 saturated heterocycles. The predicted molar refractivity (Wildman–Crippen MR) is 122 cm³/mol. The van der Waals surface area contributed by atoms with Crippen LogP contribution in [-0.4, -0.2) is 49.2 Å². The molecule has 3 atom stereocenters.